The van der Waals surface area contributed by atoms with Crippen LogP contribution in [0.1, 0.15) is 43.9 Å². The fraction of sp³-hybridized carbons (Fsp3) is 0.250. The highest BCUT2D eigenvalue weighted by atomic mass is 16.5. The molecule has 1 nitrogen and oxygen atoms in total. The standard InChI is InChI=1S/C21H22O.C3H6/c1-15-12-13-17-8-4-6-10-19(17)20(16(15)2)14-18-9-5-7-11-21(18)22-3;1-3-2/h4-11,14H,12-13H2,1-3H3;3H,1H2,2H3/b20-14-;. The molecule has 1 heteroatoms. The second-order valence-electron chi connectivity index (χ2n) is 6.27. The van der Waals surface area contributed by atoms with Crippen molar-refractivity contribution in [2.45, 2.75) is 33.6 Å². The van der Waals surface area contributed by atoms with E-state index in [0.29, 0.717) is 0 Å². The lowest BCUT2D eigenvalue weighted by atomic mass is 9.93. The van der Waals surface area contributed by atoms with E-state index in [0.717, 1.165) is 24.2 Å². The molecule has 130 valence electrons. The average molecular weight is 332 g/mol. The van der Waals surface area contributed by atoms with E-state index in [4.69, 9.17) is 4.74 Å². The van der Waals surface area contributed by atoms with Crippen molar-refractivity contribution in [2.24, 2.45) is 0 Å². The summed E-state index contributed by atoms with van der Waals surface area (Å²) in [6.07, 6.45) is 6.26. The molecule has 1 aliphatic rings. The van der Waals surface area contributed by atoms with E-state index in [-0.39, 0.29) is 0 Å². The average Bonchev–Trinajstić information content (AvgIpc) is 2.75. The van der Waals surface area contributed by atoms with E-state index in [9.17, 15) is 0 Å². The number of rotatable bonds is 2. The SMILES string of the molecule is C=CC.COc1ccccc1/C=C1/C(C)=C(C)CCc2ccccc21. The lowest BCUT2D eigenvalue weighted by Gasteiger charge is -2.13. The van der Waals surface area contributed by atoms with Gasteiger partial charge in [0.1, 0.15) is 5.75 Å². The van der Waals surface area contributed by atoms with Crippen molar-refractivity contribution >= 4 is 11.6 Å². The number of para-hydroxylation sites is 1. The summed E-state index contributed by atoms with van der Waals surface area (Å²) in [7, 11) is 1.73. The smallest absolute Gasteiger partial charge is 0.126 e. The first-order valence-electron chi connectivity index (χ1n) is 8.79. The first-order valence-corrected chi connectivity index (χ1v) is 8.79. The number of hydrogen-bond acceptors (Lipinski definition) is 1. The molecular formula is C24H28O. The normalized spacial score (nSPS) is 15.0. The zero-order valence-electron chi connectivity index (χ0n) is 15.8. The maximum absolute atomic E-state index is 5.51. The molecular weight excluding hydrogens is 304 g/mol. The quantitative estimate of drug-likeness (QED) is 0.555. The van der Waals surface area contributed by atoms with Crippen molar-refractivity contribution in [1.29, 1.82) is 0 Å². The second kappa shape index (κ2) is 9.08. The van der Waals surface area contributed by atoms with Crippen LogP contribution in [0.15, 0.2) is 72.3 Å². The van der Waals surface area contributed by atoms with Gasteiger partial charge in [0.25, 0.3) is 0 Å². The number of aryl methyl sites for hydroxylation is 1. The Morgan fingerprint density at radius 1 is 0.960 bits per heavy atom. The Kier molecular flexibility index (Phi) is 6.82. The van der Waals surface area contributed by atoms with Crippen molar-refractivity contribution in [3.8, 4) is 5.75 Å². The van der Waals surface area contributed by atoms with E-state index in [1.165, 1.54) is 27.8 Å². The number of hydrogen-bond donors (Lipinski definition) is 0. The first-order chi connectivity index (χ1) is 12.1. The second-order valence-corrected chi connectivity index (χ2v) is 6.27. The van der Waals surface area contributed by atoms with Gasteiger partial charge in [-0.3, -0.25) is 0 Å². The summed E-state index contributed by atoms with van der Waals surface area (Å²) in [5.74, 6) is 0.919. The van der Waals surface area contributed by atoms with Crippen LogP contribution < -0.4 is 4.74 Å². The fourth-order valence-corrected chi connectivity index (χ4v) is 3.07. The molecule has 0 spiro atoms. The van der Waals surface area contributed by atoms with Gasteiger partial charge in [-0.25, -0.2) is 0 Å². The summed E-state index contributed by atoms with van der Waals surface area (Å²) in [6, 6.07) is 16.9. The number of methoxy groups -OCH3 is 1. The number of allylic oxidation sites excluding steroid dienone is 4. The molecule has 0 fully saturated rings. The molecule has 2 aromatic carbocycles. The highest BCUT2D eigenvalue weighted by Gasteiger charge is 2.16. The summed E-state index contributed by atoms with van der Waals surface area (Å²) in [5.41, 5.74) is 8.08. The van der Waals surface area contributed by atoms with E-state index in [2.05, 4.69) is 62.9 Å². The van der Waals surface area contributed by atoms with Crippen LogP contribution in [0.25, 0.3) is 11.6 Å². The van der Waals surface area contributed by atoms with Crippen LogP contribution in [0.5, 0.6) is 5.75 Å². The summed E-state index contributed by atoms with van der Waals surface area (Å²) in [6.45, 7) is 9.73. The zero-order valence-corrected chi connectivity index (χ0v) is 15.8. The molecule has 0 saturated carbocycles. The van der Waals surface area contributed by atoms with E-state index < -0.39 is 0 Å². The van der Waals surface area contributed by atoms with Crippen LogP contribution in [0.3, 0.4) is 0 Å². The highest BCUT2D eigenvalue weighted by Crippen LogP contribution is 2.36. The summed E-state index contributed by atoms with van der Waals surface area (Å²) in [4.78, 5) is 0. The van der Waals surface area contributed by atoms with Crippen molar-refractivity contribution in [3.63, 3.8) is 0 Å². The third kappa shape index (κ3) is 4.51. The van der Waals surface area contributed by atoms with Crippen molar-refractivity contribution in [3.05, 3.63) is 89.0 Å². The summed E-state index contributed by atoms with van der Waals surface area (Å²) in [5, 5.41) is 0. The van der Waals surface area contributed by atoms with Crippen LogP contribution >= 0.6 is 0 Å². The monoisotopic (exact) mass is 332 g/mol. The molecule has 0 N–H and O–H groups in total. The van der Waals surface area contributed by atoms with Gasteiger partial charge in [0.2, 0.25) is 0 Å². The predicted molar refractivity (Wildman–Crippen MR) is 110 cm³/mol. The first kappa shape index (κ1) is 18.8. The number of fused-ring (bicyclic) bond motifs is 1. The molecule has 0 saturated heterocycles. The van der Waals surface area contributed by atoms with Gasteiger partial charge in [-0.05, 0) is 68.0 Å². The van der Waals surface area contributed by atoms with Crippen LogP contribution in [-0.4, -0.2) is 7.11 Å². The van der Waals surface area contributed by atoms with Gasteiger partial charge in [0.15, 0.2) is 0 Å². The van der Waals surface area contributed by atoms with Gasteiger partial charge in [-0.15, -0.1) is 6.58 Å². The van der Waals surface area contributed by atoms with Crippen molar-refractivity contribution in [2.75, 3.05) is 7.11 Å². The largest absolute Gasteiger partial charge is 0.496 e. The maximum atomic E-state index is 5.51. The lowest BCUT2D eigenvalue weighted by molar-refractivity contribution is 0.414. The molecule has 3 rings (SSSR count). The summed E-state index contributed by atoms with van der Waals surface area (Å²) < 4.78 is 5.51. The van der Waals surface area contributed by atoms with Crippen molar-refractivity contribution < 1.29 is 4.74 Å². The molecule has 2 aromatic rings. The van der Waals surface area contributed by atoms with Crippen LogP contribution in [0, 0.1) is 0 Å². The molecule has 0 radical (unpaired) electrons. The minimum atomic E-state index is 0.919. The Bertz CT molecular complexity index is 793. The van der Waals surface area contributed by atoms with E-state index in [1.807, 2.05) is 19.1 Å². The highest BCUT2D eigenvalue weighted by molar-refractivity contribution is 5.93. The fourth-order valence-electron chi connectivity index (χ4n) is 3.07. The summed E-state index contributed by atoms with van der Waals surface area (Å²) >= 11 is 0. The van der Waals surface area contributed by atoms with Gasteiger partial charge >= 0.3 is 0 Å². The minimum Gasteiger partial charge on any atom is -0.496 e. The Balaban J connectivity index is 0.000000701. The molecule has 0 atom stereocenters. The molecule has 0 aromatic heterocycles. The molecule has 0 amide bonds. The predicted octanol–water partition coefficient (Wildman–Crippen LogP) is 6.71. The topological polar surface area (TPSA) is 9.23 Å². The third-order valence-corrected chi connectivity index (χ3v) is 4.56. The minimum absolute atomic E-state index is 0.919. The van der Waals surface area contributed by atoms with E-state index in [1.54, 1.807) is 13.2 Å². The van der Waals surface area contributed by atoms with Crippen LogP contribution in [0.4, 0.5) is 0 Å². The molecule has 1 aliphatic carbocycles. The third-order valence-electron chi connectivity index (χ3n) is 4.56. The van der Waals surface area contributed by atoms with Crippen molar-refractivity contribution in [1.82, 2.24) is 0 Å². The molecule has 0 heterocycles. The van der Waals surface area contributed by atoms with Gasteiger partial charge in [-0.2, -0.15) is 0 Å². The Hall–Kier alpha value is -2.54. The van der Waals surface area contributed by atoms with Crippen LogP contribution in [0.2, 0.25) is 0 Å². The Morgan fingerprint density at radius 2 is 1.60 bits per heavy atom. The number of benzene rings is 2. The molecule has 25 heavy (non-hydrogen) atoms. The Labute approximate surface area is 152 Å². The zero-order chi connectivity index (χ0) is 18.2. The van der Waals surface area contributed by atoms with Gasteiger partial charge in [-0.1, -0.05) is 54.1 Å². The van der Waals surface area contributed by atoms with Gasteiger partial charge in [0, 0.05) is 5.56 Å². The van der Waals surface area contributed by atoms with Gasteiger partial charge in [0.05, 0.1) is 7.11 Å². The maximum Gasteiger partial charge on any atom is 0.126 e. The molecule has 0 aliphatic heterocycles. The number of ether oxygens (including phenoxy) is 1. The van der Waals surface area contributed by atoms with Crippen LogP contribution in [-0.2, 0) is 6.42 Å². The van der Waals surface area contributed by atoms with E-state index >= 15 is 0 Å². The van der Waals surface area contributed by atoms with Gasteiger partial charge < -0.3 is 4.74 Å². The Morgan fingerprint density at radius 3 is 2.32 bits per heavy atom. The molecule has 0 bridgehead atoms. The lowest BCUT2D eigenvalue weighted by Crippen LogP contribution is -1.93. The molecule has 0 unspecified atom stereocenters.